The van der Waals surface area contributed by atoms with Gasteiger partial charge in [-0.2, -0.15) is 0 Å². The first kappa shape index (κ1) is 27.6. The quantitative estimate of drug-likeness (QED) is 0.276. The highest BCUT2D eigenvalue weighted by Gasteiger charge is 2.18. The van der Waals surface area contributed by atoms with Crippen molar-refractivity contribution >= 4 is 35.0 Å². The van der Waals surface area contributed by atoms with Crippen molar-refractivity contribution in [2.75, 3.05) is 19.0 Å². The SMILES string of the molecule is COC(=O)c1cccc(C(=O)Nc2nc3cc(CO)ccc3n2CCCCCNC(=O)OC(C)(C)C)n1. The van der Waals surface area contributed by atoms with Gasteiger partial charge in [0.15, 0.2) is 0 Å². The van der Waals surface area contributed by atoms with Crippen LogP contribution in [0, 0.1) is 0 Å². The number of nitrogens with zero attached hydrogens (tertiary/aromatic N) is 3. The fourth-order valence-electron chi connectivity index (χ4n) is 3.62. The van der Waals surface area contributed by atoms with Crippen LogP contribution in [-0.4, -0.2) is 56.9 Å². The van der Waals surface area contributed by atoms with Crippen LogP contribution in [0.4, 0.5) is 10.7 Å². The second-order valence-electron chi connectivity index (χ2n) is 9.41. The van der Waals surface area contributed by atoms with Crippen LogP contribution in [-0.2, 0) is 22.6 Å². The van der Waals surface area contributed by atoms with Gasteiger partial charge in [0.1, 0.15) is 17.0 Å². The van der Waals surface area contributed by atoms with E-state index < -0.39 is 23.6 Å². The molecule has 11 heteroatoms. The molecule has 2 aromatic heterocycles. The van der Waals surface area contributed by atoms with E-state index in [-0.39, 0.29) is 18.0 Å². The van der Waals surface area contributed by atoms with E-state index in [0.717, 1.165) is 24.8 Å². The van der Waals surface area contributed by atoms with Crippen molar-refractivity contribution in [3.8, 4) is 0 Å². The van der Waals surface area contributed by atoms with Crippen LogP contribution in [0.3, 0.4) is 0 Å². The fourth-order valence-corrected chi connectivity index (χ4v) is 3.62. The minimum atomic E-state index is -0.639. The zero-order chi connectivity index (χ0) is 27.0. The number of fused-ring (bicyclic) bond motifs is 1. The van der Waals surface area contributed by atoms with Crippen LogP contribution in [0.25, 0.3) is 11.0 Å². The maximum atomic E-state index is 12.9. The molecule has 0 spiro atoms. The van der Waals surface area contributed by atoms with E-state index in [1.54, 1.807) is 18.2 Å². The molecule has 0 atom stereocenters. The van der Waals surface area contributed by atoms with Crippen LogP contribution in [0.2, 0.25) is 0 Å². The van der Waals surface area contributed by atoms with E-state index in [0.29, 0.717) is 30.1 Å². The van der Waals surface area contributed by atoms with Gasteiger partial charge in [-0.3, -0.25) is 10.1 Å². The van der Waals surface area contributed by atoms with E-state index in [9.17, 15) is 19.5 Å². The maximum absolute atomic E-state index is 12.9. The number of nitrogens with one attached hydrogen (secondary N) is 2. The number of methoxy groups -OCH3 is 1. The monoisotopic (exact) mass is 511 g/mol. The summed E-state index contributed by atoms with van der Waals surface area (Å²) in [5, 5.41) is 15.0. The normalized spacial score (nSPS) is 11.3. The Bertz CT molecular complexity index is 1260. The molecule has 2 heterocycles. The first-order valence-corrected chi connectivity index (χ1v) is 12.0. The number of aliphatic hydroxyl groups excluding tert-OH is 1. The number of aryl methyl sites for hydroxylation is 1. The van der Waals surface area contributed by atoms with Crippen LogP contribution in [0.5, 0.6) is 0 Å². The molecule has 0 saturated heterocycles. The molecular weight excluding hydrogens is 478 g/mol. The van der Waals surface area contributed by atoms with Crippen LogP contribution < -0.4 is 10.6 Å². The minimum absolute atomic E-state index is 0.0243. The zero-order valence-corrected chi connectivity index (χ0v) is 21.5. The van der Waals surface area contributed by atoms with E-state index in [1.165, 1.54) is 19.2 Å². The number of amides is 2. The maximum Gasteiger partial charge on any atom is 0.407 e. The van der Waals surface area contributed by atoms with Gasteiger partial charge in [0.2, 0.25) is 5.95 Å². The average Bonchev–Trinajstić information content (AvgIpc) is 3.20. The summed E-state index contributed by atoms with van der Waals surface area (Å²) < 4.78 is 11.8. The number of carbonyl (C=O) groups excluding carboxylic acids is 3. The lowest BCUT2D eigenvalue weighted by atomic mass is 10.2. The molecule has 1 aromatic carbocycles. The zero-order valence-electron chi connectivity index (χ0n) is 21.5. The largest absolute Gasteiger partial charge is 0.464 e. The van der Waals surface area contributed by atoms with Crippen molar-refractivity contribution in [3.63, 3.8) is 0 Å². The number of carbonyl (C=O) groups is 3. The van der Waals surface area contributed by atoms with Gasteiger partial charge in [0.05, 0.1) is 24.8 Å². The summed E-state index contributed by atoms with van der Waals surface area (Å²) in [5.74, 6) is -0.835. The van der Waals surface area contributed by atoms with Crippen LogP contribution in [0.1, 0.15) is 66.6 Å². The second-order valence-corrected chi connectivity index (χ2v) is 9.41. The summed E-state index contributed by atoms with van der Waals surface area (Å²) in [7, 11) is 1.24. The summed E-state index contributed by atoms with van der Waals surface area (Å²) in [4.78, 5) is 45.1. The topological polar surface area (TPSA) is 145 Å². The van der Waals surface area contributed by atoms with E-state index in [2.05, 4.69) is 25.3 Å². The average molecular weight is 512 g/mol. The van der Waals surface area contributed by atoms with Crippen molar-refractivity contribution in [2.24, 2.45) is 0 Å². The molecule has 2 amide bonds. The number of imidazole rings is 1. The van der Waals surface area contributed by atoms with E-state index >= 15 is 0 Å². The molecule has 3 rings (SSSR count). The predicted molar refractivity (Wildman–Crippen MR) is 137 cm³/mol. The number of anilines is 1. The van der Waals surface area contributed by atoms with Gasteiger partial charge in [0, 0.05) is 13.1 Å². The van der Waals surface area contributed by atoms with Crippen molar-refractivity contribution in [3.05, 3.63) is 53.3 Å². The summed E-state index contributed by atoms with van der Waals surface area (Å²) in [5.41, 5.74) is 1.66. The van der Waals surface area contributed by atoms with E-state index in [1.807, 2.05) is 31.4 Å². The Labute approximate surface area is 215 Å². The number of rotatable bonds is 10. The van der Waals surface area contributed by atoms with Gasteiger partial charge in [0.25, 0.3) is 5.91 Å². The molecule has 3 aromatic rings. The number of pyridine rings is 1. The predicted octanol–water partition coefficient (Wildman–Crippen LogP) is 3.66. The third kappa shape index (κ3) is 7.74. The third-order valence-corrected chi connectivity index (χ3v) is 5.32. The van der Waals surface area contributed by atoms with Gasteiger partial charge in [-0.05, 0) is 69.9 Å². The molecule has 198 valence electrons. The Morgan fingerprint density at radius 3 is 2.49 bits per heavy atom. The summed E-state index contributed by atoms with van der Waals surface area (Å²) in [6.45, 7) is 6.37. The molecule has 0 fully saturated rings. The van der Waals surface area contributed by atoms with Crippen molar-refractivity contribution in [1.82, 2.24) is 19.9 Å². The highest BCUT2D eigenvalue weighted by atomic mass is 16.6. The Kier molecular flexibility index (Phi) is 9.18. The summed E-state index contributed by atoms with van der Waals surface area (Å²) >= 11 is 0. The first-order valence-electron chi connectivity index (χ1n) is 12.0. The number of ether oxygens (including phenoxy) is 2. The first-order chi connectivity index (χ1) is 17.6. The molecule has 0 radical (unpaired) electrons. The molecular formula is C26H33N5O6. The minimum Gasteiger partial charge on any atom is -0.464 e. The van der Waals surface area contributed by atoms with Gasteiger partial charge in [-0.15, -0.1) is 0 Å². The van der Waals surface area contributed by atoms with Crippen molar-refractivity contribution in [2.45, 2.75) is 58.8 Å². The van der Waals surface area contributed by atoms with Crippen LogP contribution >= 0.6 is 0 Å². The molecule has 0 bridgehead atoms. The Hall–Kier alpha value is -3.99. The standard InChI is InChI=1S/C26H33N5O6/c1-26(2,3)37-25(35)27-13-6-5-7-14-31-21-12-11-17(16-32)15-20(21)29-24(31)30-22(33)18-9-8-10-19(28-18)23(34)36-4/h8-12,15,32H,5-7,13-14,16H2,1-4H3,(H,27,35)(H,29,30,33). The number of unbranched alkanes of at least 4 members (excludes halogenated alkanes) is 2. The Morgan fingerprint density at radius 2 is 1.78 bits per heavy atom. The van der Waals surface area contributed by atoms with Crippen LogP contribution in [0.15, 0.2) is 36.4 Å². The van der Waals surface area contributed by atoms with Gasteiger partial charge in [-0.25, -0.2) is 19.6 Å². The molecule has 37 heavy (non-hydrogen) atoms. The number of hydrogen-bond donors (Lipinski definition) is 3. The highest BCUT2D eigenvalue weighted by molar-refractivity contribution is 6.03. The second kappa shape index (κ2) is 12.3. The highest BCUT2D eigenvalue weighted by Crippen LogP contribution is 2.23. The lowest BCUT2D eigenvalue weighted by molar-refractivity contribution is 0.0525. The molecule has 0 aliphatic heterocycles. The number of benzene rings is 1. The fraction of sp³-hybridized carbons (Fsp3) is 0.423. The van der Waals surface area contributed by atoms with Crippen molar-refractivity contribution in [1.29, 1.82) is 0 Å². The summed E-state index contributed by atoms with van der Waals surface area (Å²) in [6.07, 6.45) is 1.90. The van der Waals surface area contributed by atoms with Gasteiger partial charge >= 0.3 is 12.1 Å². The number of hydrogen-bond acceptors (Lipinski definition) is 8. The Morgan fingerprint density at radius 1 is 1.03 bits per heavy atom. The molecule has 0 aliphatic rings. The lowest BCUT2D eigenvalue weighted by Crippen LogP contribution is -2.33. The number of aliphatic hydroxyl groups is 1. The molecule has 3 N–H and O–H groups in total. The molecule has 11 nitrogen and oxygen atoms in total. The third-order valence-electron chi connectivity index (χ3n) is 5.32. The number of aromatic nitrogens is 3. The van der Waals surface area contributed by atoms with Gasteiger partial charge in [-0.1, -0.05) is 12.1 Å². The number of esters is 1. The lowest BCUT2D eigenvalue weighted by Gasteiger charge is -2.19. The molecule has 0 saturated carbocycles. The molecule has 0 aliphatic carbocycles. The number of alkyl carbamates (subject to hydrolysis) is 1. The van der Waals surface area contributed by atoms with Crippen molar-refractivity contribution < 1.29 is 29.0 Å². The Balaban J connectivity index is 1.69. The smallest absolute Gasteiger partial charge is 0.407 e. The van der Waals surface area contributed by atoms with Gasteiger partial charge < -0.3 is 24.5 Å². The van der Waals surface area contributed by atoms with E-state index in [4.69, 9.17) is 4.74 Å². The summed E-state index contributed by atoms with van der Waals surface area (Å²) in [6, 6.07) is 9.93. The molecule has 0 unspecified atom stereocenters.